The molecule has 1 aliphatic carbocycles. The molecule has 160 valence electrons. The molecule has 1 amide bonds. The number of carbonyl (C=O) groups is 1. The summed E-state index contributed by atoms with van der Waals surface area (Å²) in [4.78, 5) is 13.4. The highest BCUT2D eigenvalue weighted by Crippen LogP contribution is 2.33. The molecule has 1 aliphatic rings. The first kappa shape index (κ1) is 21.2. The number of hydrogen-bond acceptors (Lipinski definition) is 2. The lowest BCUT2D eigenvalue weighted by Crippen LogP contribution is -2.37. The van der Waals surface area contributed by atoms with E-state index >= 15 is 0 Å². The molecule has 31 heavy (non-hydrogen) atoms. The quantitative estimate of drug-likeness (QED) is 0.518. The van der Waals surface area contributed by atoms with Gasteiger partial charge in [-0.3, -0.25) is 4.79 Å². The number of rotatable bonds is 6. The summed E-state index contributed by atoms with van der Waals surface area (Å²) >= 11 is 0. The maximum Gasteiger partial charge on any atom is 0.255 e. The molecule has 1 saturated carbocycles. The molecule has 0 spiro atoms. The molecule has 0 atom stereocenters. The van der Waals surface area contributed by atoms with E-state index in [1.54, 1.807) is 7.11 Å². The lowest BCUT2D eigenvalue weighted by molar-refractivity contribution is 0.0920. The van der Waals surface area contributed by atoms with Crippen LogP contribution in [0.2, 0.25) is 0 Å². The lowest BCUT2D eigenvalue weighted by atomic mass is 9.87. The van der Waals surface area contributed by atoms with Gasteiger partial charge in [0.15, 0.2) is 0 Å². The Balaban J connectivity index is 1.71. The largest absolute Gasteiger partial charge is 0.496 e. The van der Waals surface area contributed by atoms with Crippen LogP contribution in [0.3, 0.4) is 0 Å². The van der Waals surface area contributed by atoms with Crippen LogP contribution in [0.15, 0.2) is 72.8 Å². The number of amides is 1. The molecule has 3 aromatic carbocycles. The Morgan fingerprint density at radius 1 is 0.903 bits per heavy atom. The van der Waals surface area contributed by atoms with Gasteiger partial charge >= 0.3 is 0 Å². The Kier molecular flexibility index (Phi) is 6.71. The number of carbonyl (C=O) groups excluding carboxylic acids is 1. The van der Waals surface area contributed by atoms with Crippen LogP contribution in [-0.4, -0.2) is 19.1 Å². The first-order chi connectivity index (χ1) is 15.1. The lowest BCUT2D eigenvalue weighted by Gasteiger charge is -2.27. The average Bonchev–Trinajstić information content (AvgIpc) is 2.81. The highest BCUT2D eigenvalue weighted by Gasteiger charge is 2.24. The second kappa shape index (κ2) is 9.82. The molecule has 1 N–H and O–H groups in total. The van der Waals surface area contributed by atoms with Crippen LogP contribution in [0.5, 0.6) is 5.75 Å². The van der Waals surface area contributed by atoms with Gasteiger partial charge in [-0.15, -0.1) is 0 Å². The van der Waals surface area contributed by atoms with Gasteiger partial charge in [-0.1, -0.05) is 67.6 Å². The van der Waals surface area contributed by atoms with Crippen molar-refractivity contribution < 1.29 is 9.53 Å². The molecular formula is C28H31NO2. The molecule has 0 unspecified atom stereocenters. The van der Waals surface area contributed by atoms with Gasteiger partial charge in [0.2, 0.25) is 0 Å². The van der Waals surface area contributed by atoms with E-state index < -0.39 is 0 Å². The maximum absolute atomic E-state index is 13.4. The molecule has 0 radical (unpaired) electrons. The van der Waals surface area contributed by atoms with Crippen molar-refractivity contribution >= 4 is 5.91 Å². The Labute approximate surface area is 185 Å². The average molecular weight is 414 g/mol. The van der Waals surface area contributed by atoms with E-state index in [1.165, 1.54) is 18.4 Å². The molecule has 3 heteroatoms. The number of ether oxygens (including phenoxy) is 1. The van der Waals surface area contributed by atoms with E-state index in [4.69, 9.17) is 4.74 Å². The molecule has 0 aromatic heterocycles. The molecule has 0 aliphatic heterocycles. The van der Waals surface area contributed by atoms with Gasteiger partial charge in [-0.05, 0) is 66.0 Å². The summed E-state index contributed by atoms with van der Waals surface area (Å²) < 4.78 is 5.81. The van der Waals surface area contributed by atoms with Gasteiger partial charge < -0.3 is 10.1 Å². The highest BCUT2D eigenvalue weighted by atomic mass is 16.5. The van der Waals surface area contributed by atoms with Crippen molar-refractivity contribution in [2.24, 2.45) is 5.92 Å². The standard InChI is InChI=1S/C28H31NO2/c1-20-13-15-25(16-14-20)29-28(30)26-19-23(22-11-7-4-8-12-22)18-24(27(26)31-2)17-21-9-5-3-6-10-21/h3-12,18-20,25H,13-17H2,1-2H3,(H,29,30). The zero-order valence-electron chi connectivity index (χ0n) is 18.4. The van der Waals surface area contributed by atoms with Crippen LogP contribution in [0.25, 0.3) is 11.1 Å². The Morgan fingerprint density at radius 3 is 2.19 bits per heavy atom. The monoisotopic (exact) mass is 413 g/mol. The summed E-state index contributed by atoms with van der Waals surface area (Å²) in [5.41, 5.74) is 4.97. The van der Waals surface area contributed by atoms with Gasteiger partial charge in [0, 0.05) is 12.5 Å². The third kappa shape index (κ3) is 5.16. The molecule has 4 rings (SSSR count). The van der Waals surface area contributed by atoms with Crippen molar-refractivity contribution in [3.05, 3.63) is 89.5 Å². The second-order valence-electron chi connectivity index (χ2n) is 8.67. The summed E-state index contributed by atoms with van der Waals surface area (Å²) in [6.45, 7) is 2.29. The SMILES string of the molecule is COc1c(Cc2ccccc2)cc(-c2ccccc2)cc1C(=O)NC1CCC(C)CC1. The van der Waals surface area contributed by atoms with Crippen LogP contribution in [0.4, 0.5) is 0 Å². The summed E-state index contributed by atoms with van der Waals surface area (Å²) in [7, 11) is 1.66. The second-order valence-corrected chi connectivity index (χ2v) is 8.67. The van der Waals surface area contributed by atoms with E-state index in [9.17, 15) is 4.79 Å². The molecule has 3 nitrogen and oxygen atoms in total. The van der Waals surface area contributed by atoms with Crippen LogP contribution < -0.4 is 10.1 Å². The van der Waals surface area contributed by atoms with E-state index in [0.717, 1.165) is 35.4 Å². The molecule has 3 aromatic rings. The van der Waals surface area contributed by atoms with Crippen molar-refractivity contribution in [3.63, 3.8) is 0 Å². The number of methoxy groups -OCH3 is 1. The first-order valence-electron chi connectivity index (χ1n) is 11.2. The summed E-state index contributed by atoms with van der Waals surface area (Å²) in [5.74, 6) is 1.38. The third-order valence-corrected chi connectivity index (χ3v) is 6.31. The fourth-order valence-electron chi connectivity index (χ4n) is 4.51. The minimum absolute atomic E-state index is 0.0384. The van der Waals surface area contributed by atoms with Crippen molar-refractivity contribution in [1.82, 2.24) is 5.32 Å². The number of nitrogens with one attached hydrogen (secondary N) is 1. The molecular weight excluding hydrogens is 382 g/mol. The van der Waals surface area contributed by atoms with Gasteiger partial charge in [0.05, 0.1) is 12.7 Å². The van der Waals surface area contributed by atoms with Gasteiger partial charge in [0.25, 0.3) is 5.91 Å². The zero-order valence-corrected chi connectivity index (χ0v) is 18.4. The van der Waals surface area contributed by atoms with Crippen LogP contribution >= 0.6 is 0 Å². The maximum atomic E-state index is 13.4. The summed E-state index contributed by atoms with van der Waals surface area (Å²) in [6, 6.07) is 24.9. The first-order valence-corrected chi connectivity index (χ1v) is 11.2. The molecule has 1 fully saturated rings. The zero-order chi connectivity index (χ0) is 21.6. The fourth-order valence-corrected chi connectivity index (χ4v) is 4.51. The van der Waals surface area contributed by atoms with Crippen molar-refractivity contribution in [2.45, 2.75) is 45.1 Å². The van der Waals surface area contributed by atoms with E-state index in [1.807, 2.05) is 42.5 Å². The Morgan fingerprint density at radius 2 is 1.55 bits per heavy atom. The summed E-state index contributed by atoms with van der Waals surface area (Å²) in [5, 5.41) is 3.28. The Hall–Kier alpha value is -3.07. The number of hydrogen-bond donors (Lipinski definition) is 1. The van der Waals surface area contributed by atoms with Crippen molar-refractivity contribution in [2.75, 3.05) is 7.11 Å². The third-order valence-electron chi connectivity index (χ3n) is 6.31. The van der Waals surface area contributed by atoms with Gasteiger partial charge in [-0.25, -0.2) is 0 Å². The predicted molar refractivity (Wildman–Crippen MR) is 127 cm³/mol. The predicted octanol–water partition coefficient (Wildman–Crippen LogP) is 6.26. The smallest absolute Gasteiger partial charge is 0.255 e. The Bertz CT molecular complexity index is 1010. The molecule has 0 saturated heterocycles. The minimum Gasteiger partial charge on any atom is -0.496 e. The van der Waals surface area contributed by atoms with Crippen LogP contribution in [-0.2, 0) is 6.42 Å². The molecule has 0 bridgehead atoms. The highest BCUT2D eigenvalue weighted by molar-refractivity contribution is 5.99. The van der Waals surface area contributed by atoms with Crippen LogP contribution in [0, 0.1) is 5.92 Å². The van der Waals surface area contributed by atoms with Gasteiger partial charge in [-0.2, -0.15) is 0 Å². The molecule has 0 heterocycles. The topological polar surface area (TPSA) is 38.3 Å². The van der Waals surface area contributed by atoms with E-state index in [0.29, 0.717) is 17.7 Å². The fraction of sp³-hybridized carbons (Fsp3) is 0.321. The number of benzene rings is 3. The summed E-state index contributed by atoms with van der Waals surface area (Å²) in [6.07, 6.45) is 5.15. The minimum atomic E-state index is -0.0384. The van der Waals surface area contributed by atoms with Gasteiger partial charge in [0.1, 0.15) is 5.75 Å². The van der Waals surface area contributed by atoms with E-state index in [-0.39, 0.29) is 11.9 Å². The van der Waals surface area contributed by atoms with Crippen molar-refractivity contribution in [3.8, 4) is 16.9 Å². The van der Waals surface area contributed by atoms with Crippen molar-refractivity contribution in [1.29, 1.82) is 0 Å². The van der Waals surface area contributed by atoms with E-state index in [2.05, 4.69) is 42.6 Å². The van der Waals surface area contributed by atoms with Crippen LogP contribution in [0.1, 0.15) is 54.1 Å². The normalized spacial score (nSPS) is 18.4.